The van der Waals surface area contributed by atoms with Gasteiger partial charge in [-0.2, -0.15) is 0 Å². The van der Waals surface area contributed by atoms with Crippen molar-refractivity contribution in [3.8, 4) is 11.1 Å². The van der Waals surface area contributed by atoms with Gasteiger partial charge in [-0.05, 0) is 77.2 Å². The Labute approximate surface area is 189 Å². The van der Waals surface area contributed by atoms with E-state index in [0.29, 0.717) is 12.1 Å². The molecule has 0 radical (unpaired) electrons. The Morgan fingerprint density at radius 1 is 0.781 bits per heavy atom. The molecule has 1 fully saturated rings. The minimum absolute atomic E-state index is 0.0488. The van der Waals surface area contributed by atoms with Crippen LogP contribution in [0.2, 0.25) is 0 Å². The van der Waals surface area contributed by atoms with Crippen molar-refractivity contribution in [2.24, 2.45) is 0 Å². The van der Waals surface area contributed by atoms with Gasteiger partial charge in [0.2, 0.25) is 0 Å². The summed E-state index contributed by atoms with van der Waals surface area (Å²) in [6.45, 7) is 3.95. The maximum absolute atomic E-state index is 12.7. The topological polar surface area (TPSA) is 32.3 Å². The third-order valence-corrected chi connectivity index (χ3v) is 6.33. The molecule has 0 bridgehead atoms. The smallest absolute Gasteiger partial charge is 0.251 e. The molecule has 5 rings (SSSR count). The Morgan fingerprint density at radius 3 is 2.31 bits per heavy atom. The molecule has 160 valence electrons. The number of fused-ring (bicyclic) bond motifs is 1. The lowest BCUT2D eigenvalue weighted by Crippen LogP contribution is -2.22. The van der Waals surface area contributed by atoms with E-state index in [4.69, 9.17) is 0 Å². The second-order valence-corrected chi connectivity index (χ2v) is 8.58. The lowest BCUT2D eigenvalue weighted by molar-refractivity contribution is 0.0951. The molecule has 0 unspecified atom stereocenters. The number of likely N-dealkylation sites (tertiary alicyclic amines) is 1. The summed E-state index contributed by atoms with van der Waals surface area (Å²) in [6, 6.07) is 31.1. The van der Waals surface area contributed by atoms with Gasteiger partial charge in [0.05, 0.1) is 0 Å². The second-order valence-electron chi connectivity index (χ2n) is 8.58. The number of nitrogens with one attached hydrogen (secondary N) is 1. The zero-order valence-electron chi connectivity index (χ0n) is 18.3. The van der Waals surface area contributed by atoms with Crippen molar-refractivity contribution in [3.05, 3.63) is 108 Å². The fourth-order valence-corrected chi connectivity index (χ4v) is 4.57. The van der Waals surface area contributed by atoms with Gasteiger partial charge >= 0.3 is 0 Å². The first-order valence-electron chi connectivity index (χ1n) is 11.4. The summed E-state index contributed by atoms with van der Waals surface area (Å²) in [7, 11) is 0. The predicted octanol–water partition coefficient (Wildman–Crippen LogP) is 6.03. The zero-order chi connectivity index (χ0) is 21.8. The number of carbonyl (C=O) groups excluding carboxylic acids is 1. The van der Waals surface area contributed by atoms with E-state index in [-0.39, 0.29) is 5.91 Å². The molecule has 1 heterocycles. The van der Waals surface area contributed by atoms with Crippen molar-refractivity contribution in [3.63, 3.8) is 0 Å². The van der Waals surface area contributed by atoms with Crippen molar-refractivity contribution in [1.82, 2.24) is 10.2 Å². The standard InChI is InChI=1S/C29H28N2O/c32-29(25-14-12-24(13-15-25)23-7-2-1-3-8-23)30-20-27-10-6-9-26-19-22(11-16-28(26)27)21-31-17-4-5-18-31/h1-3,6-16,19H,4-5,17-18,20-21H2,(H,30,32). The Morgan fingerprint density at radius 2 is 1.53 bits per heavy atom. The lowest BCUT2D eigenvalue weighted by Gasteiger charge is -2.15. The first-order chi connectivity index (χ1) is 15.8. The number of rotatable bonds is 6. The van der Waals surface area contributed by atoms with Crippen molar-refractivity contribution in [1.29, 1.82) is 0 Å². The van der Waals surface area contributed by atoms with Crippen molar-refractivity contribution in [2.75, 3.05) is 13.1 Å². The maximum Gasteiger partial charge on any atom is 0.251 e. The summed E-state index contributed by atoms with van der Waals surface area (Å²) >= 11 is 0. The summed E-state index contributed by atoms with van der Waals surface area (Å²) in [5, 5.41) is 5.54. The highest BCUT2D eigenvalue weighted by Crippen LogP contribution is 2.23. The summed E-state index contributed by atoms with van der Waals surface area (Å²) in [5.41, 5.74) is 5.45. The number of hydrogen-bond acceptors (Lipinski definition) is 2. The molecule has 4 aromatic rings. The van der Waals surface area contributed by atoms with Gasteiger partial charge in [-0.3, -0.25) is 9.69 Å². The van der Waals surface area contributed by atoms with Gasteiger partial charge in [-0.25, -0.2) is 0 Å². The molecule has 32 heavy (non-hydrogen) atoms. The van der Waals surface area contributed by atoms with Gasteiger partial charge < -0.3 is 5.32 Å². The van der Waals surface area contributed by atoms with Gasteiger partial charge in [-0.1, -0.05) is 72.8 Å². The molecule has 0 aromatic heterocycles. The van der Waals surface area contributed by atoms with Crippen molar-refractivity contribution in [2.45, 2.75) is 25.9 Å². The van der Waals surface area contributed by atoms with Crippen LogP contribution in [-0.4, -0.2) is 23.9 Å². The quantitative estimate of drug-likeness (QED) is 0.413. The van der Waals surface area contributed by atoms with Crippen LogP contribution in [0.5, 0.6) is 0 Å². The normalized spacial score (nSPS) is 14.0. The van der Waals surface area contributed by atoms with Crippen LogP contribution < -0.4 is 5.32 Å². The predicted molar refractivity (Wildman–Crippen MR) is 132 cm³/mol. The fraction of sp³-hybridized carbons (Fsp3) is 0.207. The molecule has 1 amide bonds. The molecular weight excluding hydrogens is 392 g/mol. The van der Waals surface area contributed by atoms with Gasteiger partial charge in [0.15, 0.2) is 0 Å². The van der Waals surface area contributed by atoms with E-state index < -0.39 is 0 Å². The van der Waals surface area contributed by atoms with E-state index in [1.165, 1.54) is 42.3 Å². The van der Waals surface area contributed by atoms with Crippen molar-refractivity contribution < 1.29 is 4.79 Å². The van der Waals surface area contributed by atoms with Crippen LogP contribution in [0.3, 0.4) is 0 Å². The second kappa shape index (κ2) is 9.37. The average molecular weight is 421 g/mol. The molecule has 3 heteroatoms. The molecular formula is C29H28N2O. The number of benzene rings is 4. The van der Waals surface area contributed by atoms with Gasteiger partial charge in [-0.15, -0.1) is 0 Å². The molecule has 1 aliphatic rings. The summed E-state index contributed by atoms with van der Waals surface area (Å²) < 4.78 is 0. The molecule has 0 aliphatic carbocycles. The number of amides is 1. The highest BCUT2D eigenvalue weighted by molar-refractivity contribution is 5.95. The molecule has 3 nitrogen and oxygen atoms in total. The van der Waals surface area contributed by atoms with Crippen LogP contribution in [0.1, 0.15) is 34.3 Å². The van der Waals surface area contributed by atoms with Gasteiger partial charge in [0, 0.05) is 18.7 Å². The Hall–Kier alpha value is -3.43. The summed E-state index contributed by atoms with van der Waals surface area (Å²) in [6.07, 6.45) is 2.62. The molecule has 1 aliphatic heterocycles. The summed E-state index contributed by atoms with van der Waals surface area (Å²) in [4.78, 5) is 15.3. The molecule has 0 atom stereocenters. The third kappa shape index (κ3) is 4.58. The van der Waals surface area contributed by atoms with Crippen LogP contribution in [0.25, 0.3) is 21.9 Å². The maximum atomic E-state index is 12.7. The molecule has 0 saturated carbocycles. The Kier molecular flexibility index (Phi) is 6.00. The van der Waals surface area contributed by atoms with E-state index in [1.54, 1.807) is 0 Å². The number of hydrogen-bond donors (Lipinski definition) is 1. The molecule has 1 saturated heterocycles. The van der Waals surface area contributed by atoms with E-state index in [9.17, 15) is 4.79 Å². The van der Waals surface area contributed by atoms with Gasteiger partial charge in [0.1, 0.15) is 0 Å². The Balaban J connectivity index is 1.26. The lowest BCUT2D eigenvalue weighted by atomic mass is 10.0. The van der Waals surface area contributed by atoms with Crippen LogP contribution in [0.15, 0.2) is 91.0 Å². The zero-order valence-corrected chi connectivity index (χ0v) is 18.3. The van der Waals surface area contributed by atoms with Gasteiger partial charge in [0.25, 0.3) is 5.91 Å². The molecule has 4 aromatic carbocycles. The molecule has 0 spiro atoms. The summed E-state index contributed by atoms with van der Waals surface area (Å²) in [5.74, 6) is -0.0488. The van der Waals surface area contributed by atoms with Crippen molar-refractivity contribution >= 4 is 16.7 Å². The monoisotopic (exact) mass is 420 g/mol. The van der Waals surface area contributed by atoms with E-state index in [1.807, 2.05) is 42.5 Å². The largest absolute Gasteiger partial charge is 0.348 e. The van der Waals surface area contributed by atoms with E-state index in [0.717, 1.165) is 23.2 Å². The van der Waals surface area contributed by atoms with Crippen LogP contribution >= 0.6 is 0 Å². The highest BCUT2D eigenvalue weighted by Gasteiger charge is 2.12. The first kappa shape index (κ1) is 20.5. The Bertz CT molecular complexity index is 1210. The highest BCUT2D eigenvalue weighted by atomic mass is 16.1. The third-order valence-electron chi connectivity index (χ3n) is 6.33. The number of nitrogens with zero attached hydrogens (tertiary/aromatic N) is 1. The molecule has 1 N–H and O–H groups in total. The van der Waals surface area contributed by atoms with Crippen LogP contribution in [0.4, 0.5) is 0 Å². The average Bonchev–Trinajstić information content (AvgIpc) is 3.36. The number of carbonyl (C=O) groups is 1. The minimum atomic E-state index is -0.0488. The minimum Gasteiger partial charge on any atom is -0.348 e. The van der Waals surface area contributed by atoms with E-state index in [2.05, 4.69) is 58.7 Å². The van der Waals surface area contributed by atoms with Crippen LogP contribution in [-0.2, 0) is 13.1 Å². The van der Waals surface area contributed by atoms with Crippen LogP contribution in [0, 0.1) is 0 Å². The van der Waals surface area contributed by atoms with E-state index >= 15 is 0 Å². The first-order valence-corrected chi connectivity index (χ1v) is 11.4. The fourth-order valence-electron chi connectivity index (χ4n) is 4.57. The SMILES string of the molecule is O=C(NCc1cccc2cc(CN3CCCC3)ccc12)c1ccc(-c2ccccc2)cc1.